The molecule has 138 valence electrons. The molecule has 0 aliphatic carbocycles. The summed E-state index contributed by atoms with van der Waals surface area (Å²) in [5, 5.41) is 12.7. The first-order valence-corrected chi connectivity index (χ1v) is 9.33. The van der Waals surface area contributed by atoms with Gasteiger partial charge < -0.3 is 4.90 Å². The van der Waals surface area contributed by atoms with Crippen LogP contribution in [0.1, 0.15) is 43.9 Å². The second kappa shape index (κ2) is 6.95. The summed E-state index contributed by atoms with van der Waals surface area (Å²) in [6.45, 7) is 6.83. The maximum absolute atomic E-state index is 13.0. The fourth-order valence-corrected chi connectivity index (χ4v) is 3.41. The maximum Gasteiger partial charge on any atom is 0.253 e. The minimum absolute atomic E-state index is 0.0148. The number of hydrogen-bond donors (Lipinski definition) is 0. The highest BCUT2D eigenvalue weighted by Gasteiger charge is 2.29. The third-order valence-electron chi connectivity index (χ3n) is 5.12. The number of amides is 1. The molecule has 0 radical (unpaired) electrons. The van der Waals surface area contributed by atoms with Crippen molar-refractivity contribution in [2.75, 3.05) is 11.4 Å². The molecule has 0 unspecified atom stereocenters. The van der Waals surface area contributed by atoms with Crippen molar-refractivity contribution < 1.29 is 4.79 Å². The number of fused-ring (bicyclic) bond motifs is 1. The lowest BCUT2D eigenvalue weighted by Gasteiger charge is -2.20. The number of nitrogens with zero attached hydrogens (tertiary/aromatic N) is 5. The molecule has 6 nitrogen and oxygen atoms in total. The SMILES string of the molecule is CC(C)c1ccc(-c2nnn([C@H](C)C(=O)N3CCc4ccccc43)n2)cc1. The van der Waals surface area contributed by atoms with E-state index in [1.54, 1.807) is 0 Å². The molecule has 0 saturated heterocycles. The first kappa shape index (κ1) is 17.4. The predicted octanol–water partition coefficient (Wildman–Crippen LogP) is 3.61. The number of anilines is 1. The highest BCUT2D eigenvalue weighted by molar-refractivity contribution is 5.97. The molecule has 0 bridgehead atoms. The van der Waals surface area contributed by atoms with E-state index >= 15 is 0 Å². The molecule has 0 saturated carbocycles. The second-order valence-electron chi connectivity index (χ2n) is 7.25. The lowest BCUT2D eigenvalue weighted by Crippen LogP contribution is -2.35. The van der Waals surface area contributed by atoms with Crippen LogP contribution in [0.2, 0.25) is 0 Å². The Morgan fingerprint density at radius 2 is 1.78 bits per heavy atom. The van der Waals surface area contributed by atoms with Gasteiger partial charge in [-0.25, -0.2) is 0 Å². The van der Waals surface area contributed by atoms with Crippen LogP contribution in [0.15, 0.2) is 48.5 Å². The van der Waals surface area contributed by atoms with Crippen molar-refractivity contribution in [3.8, 4) is 11.4 Å². The van der Waals surface area contributed by atoms with Crippen LogP contribution in [0.5, 0.6) is 0 Å². The lowest BCUT2D eigenvalue weighted by atomic mass is 10.0. The molecule has 3 aromatic rings. The molecule has 1 atom stereocenters. The maximum atomic E-state index is 13.0. The Labute approximate surface area is 158 Å². The zero-order valence-corrected chi connectivity index (χ0v) is 15.8. The molecule has 2 heterocycles. The first-order chi connectivity index (χ1) is 13.0. The van der Waals surface area contributed by atoms with Crippen LogP contribution in [-0.2, 0) is 11.2 Å². The third kappa shape index (κ3) is 3.23. The number of carbonyl (C=O) groups excluding carboxylic acids is 1. The standard InChI is InChI=1S/C21H23N5O/c1-14(2)16-8-10-18(11-9-16)20-22-24-26(23-20)15(3)21(27)25-13-12-17-6-4-5-7-19(17)25/h4-11,14-15H,12-13H2,1-3H3/t15-/m1/s1. The topological polar surface area (TPSA) is 63.9 Å². The Morgan fingerprint density at radius 1 is 1.04 bits per heavy atom. The summed E-state index contributed by atoms with van der Waals surface area (Å²) in [5.41, 5.74) is 4.36. The van der Waals surface area contributed by atoms with Gasteiger partial charge in [-0.05, 0) is 41.7 Å². The van der Waals surface area contributed by atoms with Gasteiger partial charge in [0, 0.05) is 17.8 Å². The van der Waals surface area contributed by atoms with Gasteiger partial charge in [0.2, 0.25) is 5.82 Å². The molecule has 0 spiro atoms. The summed E-state index contributed by atoms with van der Waals surface area (Å²) < 4.78 is 0. The van der Waals surface area contributed by atoms with Crippen molar-refractivity contribution in [2.24, 2.45) is 0 Å². The summed E-state index contributed by atoms with van der Waals surface area (Å²) in [6, 6.07) is 15.7. The molecule has 0 N–H and O–H groups in total. The number of tetrazole rings is 1. The third-order valence-corrected chi connectivity index (χ3v) is 5.12. The number of hydrogen-bond acceptors (Lipinski definition) is 4. The normalized spacial score (nSPS) is 14.4. The summed E-state index contributed by atoms with van der Waals surface area (Å²) in [6.07, 6.45) is 0.882. The van der Waals surface area contributed by atoms with Crippen LogP contribution in [0.25, 0.3) is 11.4 Å². The molecule has 6 heteroatoms. The van der Waals surface area contributed by atoms with E-state index < -0.39 is 6.04 Å². The molecule has 0 fully saturated rings. The fraction of sp³-hybridized carbons (Fsp3) is 0.333. The lowest BCUT2D eigenvalue weighted by molar-refractivity contribution is -0.121. The molecule has 1 amide bonds. The fourth-order valence-electron chi connectivity index (χ4n) is 3.41. The largest absolute Gasteiger partial charge is 0.310 e. The average molecular weight is 361 g/mol. The predicted molar refractivity (Wildman–Crippen MR) is 105 cm³/mol. The van der Waals surface area contributed by atoms with Crippen molar-refractivity contribution >= 4 is 11.6 Å². The monoisotopic (exact) mass is 361 g/mol. The van der Waals surface area contributed by atoms with E-state index in [4.69, 9.17) is 0 Å². The van der Waals surface area contributed by atoms with Crippen LogP contribution in [-0.4, -0.2) is 32.7 Å². The van der Waals surface area contributed by atoms with Crippen LogP contribution >= 0.6 is 0 Å². The van der Waals surface area contributed by atoms with Gasteiger partial charge in [-0.2, -0.15) is 4.80 Å². The van der Waals surface area contributed by atoms with Crippen molar-refractivity contribution in [3.63, 3.8) is 0 Å². The number of carbonyl (C=O) groups is 1. The molecule has 1 aliphatic heterocycles. The molecule has 27 heavy (non-hydrogen) atoms. The smallest absolute Gasteiger partial charge is 0.253 e. The van der Waals surface area contributed by atoms with E-state index in [-0.39, 0.29) is 5.91 Å². The van der Waals surface area contributed by atoms with E-state index in [1.807, 2.05) is 42.2 Å². The summed E-state index contributed by atoms with van der Waals surface area (Å²) in [4.78, 5) is 16.2. The van der Waals surface area contributed by atoms with Gasteiger partial charge in [0.1, 0.15) is 6.04 Å². The highest BCUT2D eigenvalue weighted by Crippen LogP contribution is 2.29. The molecule has 1 aliphatic rings. The van der Waals surface area contributed by atoms with Gasteiger partial charge in [0.15, 0.2) is 0 Å². The van der Waals surface area contributed by atoms with Gasteiger partial charge in [0.05, 0.1) is 0 Å². The first-order valence-electron chi connectivity index (χ1n) is 9.33. The Bertz CT molecular complexity index is 961. The van der Waals surface area contributed by atoms with Crippen molar-refractivity contribution in [1.29, 1.82) is 0 Å². The average Bonchev–Trinajstić information content (AvgIpc) is 3.34. The molecular weight excluding hydrogens is 338 g/mol. The molecule has 2 aromatic carbocycles. The minimum Gasteiger partial charge on any atom is -0.310 e. The Kier molecular flexibility index (Phi) is 4.48. The molecule has 4 rings (SSSR count). The van der Waals surface area contributed by atoms with E-state index in [0.717, 1.165) is 17.7 Å². The Morgan fingerprint density at radius 3 is 2.52 bits per heavy atom. The summed E-state index contributed by atoms with van der Waals surface area (Å²) >= 11 is 0. The quantitative estimate of drug-likeness (QED) is 0.712. The van der Waals surface area contributed by atoms with Crippen LogP contribution in [0, 0.1) is 0 Å². The highest BCUT2D eigenvalue weighted by atomic mass is 16.2. The summed E-state index contributed by atoms with van der Waals surface area (Å²) in [5.74, 6) is 0.995. The summed E-state index contributed by atoms with van der Waals surface area (Å²) in [7, 11) is 0. The van der Waals surface area contributed by atoms with Gasteiger partial charge in [0.25, 0.3) is 5.91 Å². The van der Waals surface area contributed by atoms with Crippen LogP contribution in [0.3, 0.4) is 0 Å². The number of rotatable bonds is 4. The van der Waals surface area contributed by atoms with E-state index in [1.165, 1.54) is 15.9 Å². The zero-order valence-electron chi connectivity index (χ0n) is 15.8. The van der Waals surface area contributed by atoms with E-state index in [2.05, 4.69) is 47.5 Å². The molecule has 1 aromatic heterocycles. The van der Waals surface area contributed by atoms with Crippen molar-refractivity contribution in [2.45, 2.75) is 39.2 Å². The van der Waals surface area contributed by atoms with Crippen molar-refractivity contribution in [3.05, 3.63) is 59.7 Å². The number of aromatic nitrogens is 4. The van der Waals surface area contributed by atoms with Crippen LogP contribution < -0.4 is 4.90 Å². The van der Waals surface area contributed by atoms with Crippen molar-refractivity contribution in [1.82, 2.24) is 20.2 Å². The Balaban J connectivity index is 1.53. The van der Waals surface area contributed by atoms with E-state index in [0.29, 0.717) is 18.3 Å². The zero-order chi connectivity index (χ0) is 19.0. The minimum atomic E-state index is -0.507. The number of para-hydroxylation sites is 1. The Hall–Kier alpha value is -3.02. The van der Waals surface area contributed by atoms with Gasteiger partial charge >= 0.3 is 0 Å². The molecular formula is C21H23N5O. The van der Waals surface area contributed by atoms with Crippen LogP contribution in [0.4, 0.5) is 5.69 Å². The van der Waals surface area contributed by atoms with Gasteiger partial charge in [-0.1, -0.05) is 56.3 Å². The number of benzene rings is 2. The van der Waals surface area contributed by atoms with Gasteiger partial charge in [-0.15, -0.1) is 10.2 Å². The van der Waals surface area contributed by atoms with E-state index in [9.17, 15) is 4.79 Å². The van der Waals surface area contributed by atoms with Gasteiger partial charge in [-0.3, -0.25) is 4.79 Å². The second-order valence-corrected chi connectivity index (χ2v) is 7.25.